The molecular formula is C28H24. The number of hydrogen-bond donors (Lipinski definition) is 0. The number of allylic oxidation sites excluding steroid dienone is 1. The van der Waals surface area contributed by atoms with E-state index in [2.05, 4.69) is 106 Å². The second-order valence-electron chi connectivity index (χ2n) is 7.71. The topological polar surface area (TPSA) is 0 Å². The molecule has 0 saturated heterocycles. The van der Waals surface area contributed by atoms with Crippen LogP contribution in [0.1, 0.15) is 33.4 Å². The van der Waals surface area contributed by atoms with Gasteiger partial charge in [-0.1, -0.05) is 59.9 Å². The molecule has 0 aliphatic heterocycles. The molecule has 0 nitrogen and oxygen atoms in total. The average Bonchev–Trinajstić information content (AvgIpc) is 2.63. The Balaban J connectivity index is 1.71. The lowest BCUT2D eigenvalue weighted by molar-refractivity contribution is 1.37. The van der Waals surface area contributed by atoms with E-state index in [1.807, 2.05) is 6.08 Å². The van der Waals surface area contributed by atoms with E-state index in [9.17, 15) is 0 Å². The first kappa shape index (κ1) is 18.1. The van der Waals surface area contributed by atoms with Gasteiger partial charge in [-0.3, -0.25) is 0 Å². The highest BCUT2D eigenvalue weighted by Gasteiger charge is 2.05. The van der Waals surface area contributed by atoms with Gasteiger partial charge < -0.3 is 0 Å². The highest BCUT2D eigenvalue weighted by atomic mass is 14.1. The summed E-state index contributed by atoms with van der Waals surface area (Å²) in [6.45, 7) is 8.57. The lowest BCUT2D eigenvalue weighted by Gasteiger charge is -2.09. The molecule has 4 rings (SSSR count). The molecule has 0 aliphatic rings. The molecule has 4 aromatic rings. The van der Waals surface area contributed by atoms with Crippen LogP contribution in [0.3, 0.4) is 0 Å². The molecule has 0 amide bonds. The zero-order valence-electron chi connectivity index (χ0n) is 16.9. The minimum absolute atomic E-state index is 1.07. The molecule has 4 aromatic carbocycles. The third kappa shape index (κ3) is 3.71. The summed E-state index contributed by atoms with van der Waals surface area (Å²) in [6, 6.07) is 22.0. The summed E-state index contributed by atoms with van der Waals surface area (Å²) < 4.78 is 0. The number of benzene rings is 4. The minimum atomic E-state index is 1.07. The van der Waals surface area contributed by atoms with Crippen molar-refractivity contribution >= 4 is 27.6 Å². The molecule has 136 valence electrons. The van der Waals surface area contributed by atoms with E-state index in [-0.39, 0.29) is 0 Å². The van der Waals surface area contributed by atoms with Crippen LogP contribution in [0.15, 0.2) is 66.7 Å². The Morgan fingerprint density at radius 1 is 0.679 bits per heavy atom. The van der Waals surface area contributed by atoms with Crippen molar-refractivity contribution in [2.45, 2.75) is 27.7 Å². The highest BCUT2D eigenvalue weighted by molar-refractivity contribution is 6.09. The standard InChI is InChI=1S/C28H24/c1-19-13-20(2)16-24(15-19)8-6-5-7-23-9-10-25-11-12-26-17-21(3)14-22(4)28(26)27(25)18-23/h5,7,9-18H,1-4H3. The fraction of sp³-hybridized carbons (Fsp3) is 0.143. The summed E-state index contributed by atoms with van der Waals surface area (Å²) >= 11 is 0. The summed E-state index contributed by atoms with van der Waals surface area (Å²) in [6.07, 6.45) is 4.04. The third-order valence-corrected chi connectivity index (χ3v) is 5.10. The maximum atomic E-state index is 3.24. The maximum absolute atomic E-state index is 3.24. The molecule has 28 heavy (non-hydrogen) atoms. The quantitative estimate of drug-likeness (QED) is 0.247. The number of aryl methyl sites for hydroxylation is 4. The maximum Gasteiger partial charge on any atom is 0.0254 e. The summed E-state index contributed by atoms with van der Waals surface area (Å²) in [5.74, 6) is 6.42. The Hall–Kier alpha value is -3.30. The van der Waals surface area contributed by atoms with Crippen molar-refractivity contribution < 1.29 is 0 Å². The molecule has 0 bridgehead atoms. The Morgan fingerprint density at radius 2 is 1.36 bits per heavy atom. The molecule has 0 atom stereocenters. The summed E-state index contributed by atoms with van der Waals surface area (Å²) in [5.41, 5.74) is 7.38. The normalized spacial score (nSPS) is 11.1. The zero-order chi connectivity index (χ0) is 19.7. The van der Waals surface area contributed by atoms with Gasteiger partial charge in [0.05, 0.1) is 0 Å². The van der Waals surface area contributed by atoms with E-state index in [1.165, 1.54) is 49.4 Å². The third-order valence-electron chi connectivity index (χ3n) is 5.10. The van der Waals surface area contributed by atoms with Gasteiger partial charge in [0.1, 0.15) is 0 Å². The molecule has 0 heterocycles. The van der Waals surface area contributed by atoms with Crippen LogP contribution in [0.2, 0.25) is 0 Å². The van der Waals surface area contributed by atoms with Gasteiger partial charge in [-0.05, 0) is 102 Å². The van der Waals surface area contributed by atoms with Crippen LogP contribution in [-0.4, -0.2) is 0 Å². The second-order valence-corrected chi connectivity index (χ2v) is 7.71. The lowest BCUT2D eigenvalue weighted by atomic mass is 9.95. The average molecular weight is 361 g/mol. The Kier molecular flexibility index (Phi) is 4.76. The van der Waals surface area contributed by atoms with Crippen LogP contribution in [0.25, 0.3) is 27.6 Å². The van der Waals surface area contributed by atoms with Crippen molar-refractivity contribution in [3.05, 3.63) is 100 Å². The van der Waals surface area contributed by atoms with Gasteiger partial charge in [0.2, 0.25) is 0 Å². The molecule has 0 aromatic heterocycles. The van der Waals surface area contributed by atoms with E-state index in [0.29, 0.717) is 0 Å². The van der Waals surface area contributed by atoms with Crippen LogP contribution < -0.4 is 0 Å². The molecular weight excluding hydrogens is 336 g/mol. The number of rotatable bonds is 1. The van der Waals surface area contributed by atoms with Crippen molar-refractivity contribution in [3.8, 4) is 11.8 Å². The molecule has 0 saturated carbocycles. The fourth-order valence-electron chi connectivity index (χ4n) is 4.03. The SMILES string of the molecule is Cc1cc(C)cc(C#CC=Cc2ccc3ccc4cc(C)cc(C)c4c3c2)c1. The molecule has 0 spiro atoms. The van der Waals surface area contributed by atoms with Gasteiger partial charge in [0.15, 0.2) is 0 Å². The van der Waals surface area contributed by atoms with Crippen LogP contribution in [-0.2, 0) is 0 Å². The van der Waals surface area contributed by atoms with Crippen LogP contribution in [0, 0.1) is 39.5 Å². The van der Waals surface area contributed by atoms with Crippen molar-refractivity contribution in [1.29, 1.82) is 0 Å². The first-order chi connectivity index (χ1) is 13.5. The Morgan fingerprint density at radius 3 is 2.14 bits per heavy atom. The predicted octanol–water partition coefficient (Wildman–Crippen LogP) is 7.29. The van der Waals surface area contributed by atoms with Gasteiger partial charge >= 0.3 is 0 Å². The van der Waals surface area contributed by atoms with E-state index in [0.717, 1.165) is 5.56 Å². The first-order valence-electron chi connectivity index (χ1n) is 9.70. The lowest BCUT2D eigenvalue weighted by Crippen LogP contribution is -1.85. The van der Waals surface area contributed by atoms with Crippen molar-refractivity contribution in [3.63, 3.8) is 0 Å². The Bertz CT molecular complexity index is 1270. The summed E-state index contributed by atoms with van der Waals surface area (Å²) in [5, 5.41) is 5.23. The number of hydrogen-bond acceptors (Lipinski definition) is 0. The molecule has 0 unspecified atom stereocenters. The van der Waals surface area contributed by atoms with E-state index >= 15 is 0 Å². The van der Waals surface area contributed by atoms with Crippen molar-refractivity contribution in [1.82, 2.24) is 0 Å². The fourth-order valence-corrected chi connectivity index (χ4v) is 4.03. The highest BCUT2D eigenvalue weighted by Crippen LogP contribution is 2.30. The van der Waals surface area contributed by atoms with E-state index in [1.54, 1.807) is 0 Å². The van der Waals surface area contributed by atoms with Gasteiger partial charge in [-0.15, -0.1) is 0 Å². The predicted molar refractivity (Wildman–Crippen MR) is 123 cm³/mol. The molecule has 0 heteroatoms. The Labute approximate surface area is 167 Å². The largest absolute Gasteiger partial charge is 0.0696 e. The number of fused-ring (bicyclic) bond motifs is 3. The zero-order valence-corrected chi connectivity index (χ0v) is 16.9. The van der Waals surface area contributed by atoms with E-state index in [4.69, 9.17) is 0 Å². The molecule has 0 fully saturated rings. The van der Waals surface area contributed by atoms with Crippen LogP contribution in [0.5, 0.6) is 0 Å². The molecule has 0 radical (unpaired) electrons. The van der Waals surface area contributed by atoms with Gasteiger partial charge in [-0.25, -0.2) is 0 Å². The van der Waals surface area contributed by atoms with Crippen LogP contribution >= 0.6 is 0 Å². The molecule has 0 aliphatic carbocycles. The van der Waals surface area contributed by atoms with Gasteiger partial charge in [0, 0.05) is 5.56 Å². The van der Waals surface area contributed by atoms with Gasteiger partial charge in [-0.2, -0.15) is 0 Å². The monoisotopic (exact) mass is 360 g/mol. The minimum Gasteiger partial charge on any atom is -0.0696 e. The first-order valence-corrected chi connectivity index (χ1v) is 9.70. The smallest absolute Gasteiger partial charge is 0.0254 e. The van der Waals surface area contributed by atoms with E-state index < -0.39 is 0 Å². The molecule has 0 N–H and O–H groups in total. The summed E-state index contributed by atoms with van der Waals surface area (Å²) in [7, 11) is 0. The summed E-state index contributed by atoms with van der Waals surface area (Å²) in [4.78, 5) is 0. The van der Waals surface area contributed by atoms with Crippen LogP contribution in [0.4, 0.5) is 0 Å². The van der Waals surface area contributed by atoms with Crippen molar-refractivity contribution in [2.75, 3.05) is 0 Å². The second kappa shape index (κ2) is 7.37. The van der Waals surface area contributed by atoms with Crippen molar-refractivity contribution in [2.24, 2.45) is 0 Å². The van der Waals surface area contributed by atoms with Gasteiger partial charge in [0.25, 0.3) is 0 Å².